The van der Waals surface area contributed by atoms with Gasteiger partial charge in [-0.05, 0) is 24.6 Å². The largest absolute Gasteiger partial charge is 0.481 e. The number of nitrogens with zero attached hydrogens (tertiary/aromatic N) is 1. The summed E-state index contributed by atoms with van der Waals surface area (Å²) in [6.45, 7) is 2.00. The lowest BCUT2D eigenvalue weighted by Crippen LogP contribution is -1.98. The Kier molecular flexibility index (Phi) is 2.96. The minimum atomic E-state index is -0.808. The van der Waals surface area contributed by atoms with Crippen molar-refractivity contribution in [2.45, 2.75) is 19.8 Å². The van der Waals surface area contributed by atoms with E-state index in [0.717, 1.165) is 26.9 Å². The normalized spacial score (nSPS) is 10.9. The van der Waals surface area contributed by atoms with Gasteiger partial charge in [0.25, 0.3) is 0 Å². The molecule has 1 aromatic heterocycles. The Hall–Kier alpha value is -1.36. The average molecular weight is 283 g/mol. The maximum atomic E-state index is 10.4. The van der Waals surface area contributed by atoms with Crippen LogP contribution in [0.5, 0.6) is 0 Å². The molecule has 1 heterocycles. The predicted molar refractivity (Wildman–Crippen MR) is 64.5 cm³/mol. The first-order chi connectivity index (χ1) is 7.56. The highest BCUT2D eigenvalue weighted by Gasteiger charge is 2.06. The summed E-state index contributed by atoms with van der Waals surface area (Å²) in [5.41, 5.74) is 2.93. The zero-order valence-electron chi connectivity index (χ0n) is 8.75. The maximum absolute atomic E-state index is 10.4. The van der Waals surface area contributed by atoms with Gasteiger partial charge in [0.05, 0.1) is 17.5 Å². The zero-order chi connectivity index (χ0) is 11.7. The van der Waals surface area contributed by atoms with E-state index in [0.29, 0.717) is 6.42 Å². The molecule has 16 heavy (non-hydrogen) atoms. The first-order valence-corrected chi connectivity index (χ1v) is 5.72. The van der Waals surface area contributed by atoms with E-state index in [1.165, 1.54) is 0 Å². The number of imidazole rings is 1. The molecule has 0 saturated heterocycles. The molecular formula is C11H11BrN2O2. The highest BCUT2D eigenvalue weighted by molar-refractivity contribution is 9.10. The molecule has 2 aromatic rings. The third-order valence-electron chi connectivity index (χ3n) is 2.39. The maximum Gasteiger partial charge on any atom is 0.303 e. The lowest BCUT2D eigenvalue weighted by Gasteiger charge is -1.95. The van der Waals surface area contributed by atoms with Crippen LogP contribution in [0.4, 0.5) is 0 Å². The number of benzene rings is 1. The van der Waals surface area contributed by atoms with Gasteiger partial charge in [-0.3, -0.25) is 4.79 Å². The van der Waals surface area contributed by atoms with Crippen LogP contribution in [0, 0.1) is 6.92 Å². The topological polar surface area (TPSA) is 66.0 Å². The van der Waals surface area contributed by atoms with Crippen LogP contribution >= 0.6 is 15.9 Å². The standard InChI is InChI=1S/C11H11BrN2O2/c1-6-4-8-9(5-7(6)12)14-10(13-8)2-3-11(15)16/h4-5H,2-3H2,1H3,(H,13,14)(H,15,16). The van der Waals surface area contributed by atoms with Gasteiger partial charge >= 0.3 is 5.97 Å². The van der Waals surface area contributed by atoms with E-state index in [1.54, 1.807) is 0 Å². The van der Waals surface area contributed by atoms with Crippen molar-refractivity contribution in [3.8, 4) is 0 Å². The number of hydrogen-bond acceptors (Lipinski definition) is 2. The molecule has 4 nitrogen and oxygen atoms in total. The van der Waals surface area contributed by atoms with Crippen LogP contribution in [0.2, 0.25) is 0 Å². The van der Waals surface area contributed by atoms with Crippen molar-refractivity contribution in [2.75, 3.05) is 0 Å². The Labute approximate surface area is 101 Å². The predicted octanol–water partition coefficient (Wildman–Crippen LogP) is 2.65. The number of carbonyl (C=O) groups is 1. The van der Waals surface area contributed by atoms with Crippen LogP contribution in [-0.2, 0) is 11.2 Å². The summed E-state index contributed by atoms with van der Waals surface area (Å²) in [4.78, 5) is 17.9. The van der Waals surface area contributed by atoms with Crippen LogP contribution in [0.25, 0.3) is 11.0 Å². The number of halogens is 1. The number of carboxylic acids is 1. The molecule has 0 atom stereocenters. The number of fused-ring (bicyclic) bond motifs is 1. The fraction of sp³-hybridized carbons (Fsp3) is 0.273. The van der Waals surface area contributed by atoms with Gasteiger partial charge in [-0.2, -0.15) is 0 Å². The molecule has 5 heteroatoms. The number of hydrogen-bond donors (Lipinski definition) is 2. The fourth-order valence-electron chi connectivity index (χ4n) is 1.54. The van der Waals surface area contributed by atoms with Crippen molar-refractivity contribution in [1.82, 2.24) is 9.97 Å². The highest BCUT2D eigenvalue weighted by atomic mass is 79.9. The second-order valence-corrected chi connectivity index (χ2v) is 4.55. The van der Waals surface area contributed by atoms with Crippen LogP contribution in [0.3, 0.4) is 0 Å². The van der Waals surface area contributed by atoms with Gasteiger partial charge in [-0.1, -0.05) is 15.9 Å². The first-order valence-electron chi connectivity index (χ1n) is 4.93. The third kappa shape index (κ3) is 2.24. The van der Waals surface area contributed by atoms with Gasteiger partial charge in [-0.15, -0.1) is 0 Å². The summed E-state index contributed by atoms with van der Waals surface area (Å²) in [6, 6.07) is 3.93. The molecule has 1 aromatic carbocycles. The number of rotatable bonds is 3. The number of carboxylic acid groups (broad SMARTS) is 1. The van der Waals surface area contributed by atoms with Crippen molar-refractivity contribution in [3.05, 3.63) is 28.0 Å². The molecule has 0 aliphatic rings. The Morgan fingerprint density at radius 2 is 2.31 bits per heavy atom. The van der Waals surface area contributed by atoms with Crippen molar-refractivity contribution in [2.24, 2.45) is 0 Å². The van der Waals surface area contributed by atoms with E-state index < -0.39 is 5.97 Å². The van der Waals surface area contributed by atoms with Crippen LogP contribution < -0.4 is 0 Å². The van der Waals surface area contributed by atoms with Crippen LogP contribution in [0.1, 0.15) is 17.8 Å². The van der Waals surface area contributed by atoms with E-state index in [-0.39, 0.29) is 6.42 Å². The Bertz CT molecular complexity index is 509. The minimum Gasteiger partial charge on any atom is -0.481 e. The van der Waals surface area contributed by atoms with Crippen molar-refractivity contribution >= 4 is 32.9 Å². The molecule has 0 radical (unpaired) electrons. The first kappa shape index (κ1) is 11.1. The van der Waals surface area contributed by atoms with Crippen LogP contribution in [-0.4, -0.2) is 21.0 Å². The average Bonchev–Trinajstić information content (AvgIpc) is 2.58. The van der Waals surface area contributed by atoms with E-state index in [1.807, 2.05) is 19.1 Å². The van der Waals surface area contributed by atoms with Gasteiger partial charge in [0, 0.05) is 10.9 Å². The number of aliphatic carboxylic acids is 1. The lowest BCUT2D eigenvalue weighted by molar-refractivity contribution is -0.137. The molecule has 0 bridgehead atoms. The Morgan fingerprint density at radius 1 is 1.56 bits per heavy atom. The molecule has 0 spiro atoms. The molecule has 0 amide bonds. The molecule has 0 fully saturated rings. The highest BCUT2D eigenvalue weighted by Crippen LogP contribution is 2.22. The lowest BCUT2D eigenvalue weighted by atomic mass is 10.2. The summed E-state index contributed by atoms with van der Waals surface area (Å²) in [7, 11) is 0. The molecule has 0 aliphatic carbocycles. The number of H-pyrrole nitrogens is 1. The summed E-state index contributed by atoms with van der Waals surface area (Å²) in [5, 5.41) is 8.59. The number of nitrogens with one attached hydrogen (secondary N) is 1. The monoisotopic (exact) mass is 282 g/mol. The summed E-state index contributed by atoms with van der Waals surface area (Å²) in [5.74, 6) is -0.0901. The molecule has 2 rings (SSSR count). The quantitative estimate of drug-likeness (QED) is 0.910. The van der Waals surface area contributed by atoms with Gasteiger partial charge in [-0.25, -0.2) is 4.98 Å². The van der Waals surface area contributed by atoms with E-state index >= 15 is 0 Å². The summed E-state index contributed by atoms with van der Waals surface area (Å²) < 4.78 is 1.01. The Balaban J connectivity index is 2.33. The van der Waals surface area contributed by atoms with Crippen molar-refractivity contribution in [3.63, 3.8) is 0 Å². The van der Waals surface area contributed by atoms with E-state index in [4.69, 9.17) is 5.11 Å². The van der Waals surface area contributed by atoms with Crippen LogP contribution in [0.15, 0.2) is 16.6 Å². The van der Waals surface area contributed by atoms with E-state index in [9.17, 15) is 4.79 Å². The molecular weight excluding hydrogens is 272 g/mol. The molecule has 0 saturated carbocycles. The summed E-state index contributed by atoms with van der Waals surface area (Å²) >= 11 is 3.44. The third-order valence-corrected chi connectivity index (χ3v) is 3.24. The van der Waals surface area contributed by atoms with Crippen molar-refractivity contribution in [1.29, 1.82) is 0 Å². The van der Waals surface area contributed by atoms with Gasteiger partial charge < -0.3 is 10.1 Å². The number of aromatic nitrogens is 2. The van der Waals surface area contributed by atoms with Crippen molar-refractivity contribution < 1.29 is 9.90 Å². The second-order valence-electron chi connectivity index (χ2n) is 3.70. The molecule has 0 unspecified atom stereocenters. The van der Waals surface area contributed by atoms with Gasteiger partial charge in [0.1, 0.15) is 5.82 Å². The van der Waals surface area contributed by atoms with Gasteiger partial charge in [0.2, 0.25) is 0 Å². The number of aromatic amines is 1. The minimum absolute atomic E-state index is 0.0972. The second kappa shape index (κ2) is 4.25. The fourth-order valence-corrected chi connectivity index (χ4v) is 1.87. The number of aryl methyl sites for hydroxylation is 2. The SMILES string of the molecule is Cc1cc2[nH]c(CCC(=O)O)nc2cc1Br. The summed E-state index contributed by atoms with van der Waals surface area (Å²) in [6.07, 6.45) is 0.528. The molecule has 84 valence electrons. The Morgan fingerprint density at radius 3 is 3.00 bits per heavy atom. The zero-order valence-corrected chi connectivity index (χ0v) is 10.3. The smallest absolute Gasteiger partial charge is 0.303 e. The molecule has 0 aliphatic heterocycles. The van der Waals surface area contributed by atoms with Gasteiger partial charge in [0.15, 0.2) is 0 Å². The van der Waals surface area contributed by atoms with E-state index in [2.05, 4.69) is 25.9 Å². The molecule has 2 N–H and O–H groups in total.